The number of anilines is 1. The molecule has 0 unspecified atom stereocenters. The monoisotopic (exact) mass is 300 g/mol. The second kappa shape index (κ2) is 5.61. The van der Waals surface area contributed by atoms with Gasteiger partial charge in [0, 0.05) is 10.8 Å². The Morgan fingerprint density at radius 3 is 2.43 bits per heavy atom. The largest absolute Gasteiger partial charge is 0.489 e. The Kier molecular flexibility index (Phi) is 3.31. The molecule has 0 bridgehead atoms. The molecule has 0 spiro atoms. The van der Waals surface area contributed by atoms with Crippen LogP contribution in [0.25, 0.3) is 21.7 Å². The van der Waals surface area contributed by atoms with Crippen molar-refractivity contribution in [1.29, 1.82) is 0 Å². The Morgan fingerprint density at radius 1 is 0.783 bits per heavy atom. The molecular weight excluding hydrogens is 284 g/mol. The van der Waals surface area contributed by atoms with E-state index in [1.54, 1.807) is 0 Å². The predicted molar refractivity (Wildman–Crippen MR) is 94.4 cm³/mol. The van der Waals surface area contributed by atoms with Gasteiger partial charge in [0.2, 0.25) is 0 Å². The molecule has 0 amide bonds. The van der Waals surface area contributed by atoms with Crippen LogP contribution >= 0.6 is 0 Å². The number of benzene rings is 3. The number of fused-ring (bicyclic) bond motifs is 3. The van der Waals surface area contributed by atoms with Gasteiger partial charge in [-0.15, -0.1) is 0 Å². The van der Waals surface area contributed by atoms with E-state index in [9.17, 15) is 0 Å². The zero-order valence-electron chi connectivity index (χ0n) is 12.6. The predicted octanol–water partition coefficient (Wildman–Crippen LogP) is 4.55. The van der Waals surface area contributed by atoms with Crippen molar-refractivity contribution in [3.8, 4) is 5.75 Å². The average Bonchev–Trinajstić information content (AvgIpc) is 2.61. The molecule has 0 atom stereocenters. The maximum Gasteiger partial charge on any atom is 0.132 e. The van der Waals surface area contributed by atoms with E-state index in [0.29, 0.717) is 12.4 Å². The highest BCUT2D eigenvalue weighted by Crippen LogP contribution is 2.31. The maximum absolute atomic E-state index is 6.09. The van der Waals surface area contributed by atoms with Crippen LogP contribution in [0.2, 0.25) is 0 Å². The van der Waals surface area contributed by atoms with Crippen molar-refractivity contribution in [2.45, 2.75) is 6.61 Å². The van der Waals surface area contributed by atoms with Gasteiger partial charge in [-0.25, -0.2) is 4.98 Å². The number of hydrogen-bond donors (Lipinski definition) is 1. The minimum atomic E-state index is 0.546. The Balaban J connectivity index is 1.76. The van der Waals surface area contributed by atoms with E-state index in [0.717, 1.165) is 33.0 Å². The molecule has 4 aromatic rings. The van der Waals surface area contributed by atoms with E-state index in [-0.39, 0.29) is 0 Å². The summed E-state index contributed by atoms with van der Waals surface area (Å²) in [6, 6.07) is 24.1. The third-order valence-corrected chi connectivity index (χ3v) is 3.95. The zero-order valence-corrected chi connectivity index (χ0v) is 12.6. The summed E-state index contributed by atoms with van der Waals surface area (Å²) < 4.78 is 5.93. The smallest absolute Gasteiger partial charge is 0.132 e. The molecule has 3 aromatic carbocycles. The fraction of sp³-hybridized carbons (Fsp3) is 0.0500. The summed E-state index contributed by atoms with van der Waals surface area (Å²) in [6.07, 6.45) is 0. The van der Waals surface area contributed by atoms with Gasteiger partial charge in [-0.2, -0.15) is 0 Å². The molecule has 0 radical (unpaired) electrons. The lowest BCUT2D eigenvalue weighted by Crippen LogP contribution is -1.96. The summed E-state index contributed by atoms with van der Waals surface area (Å²) in [5.74, 6) is 1.38. The molecule has 0 saturated carbocycles. The number of ether oxygens (including phenoxy) is 1. The minimum absolute atomic E-state index is 0.546. The SMILES string of the molecule is Nc1nc2ccccc2c2cc(OCc3ccccc3)ccc12. The Morgan fingerprint density at radius 2 is 1.57 bits per heavy atom. The van der Waals surface area contributed by atoms with Gasteiger partial charge in [-0.05, 0) is 35.2 Å². The number of nitrogen functional groups attached to an aromatic ring is 1. The molecule has 3 nitrogen and oxygen atoms in total. The van der Waals surface area contributed by atoms with E-state index in [1.807, 2.05) is 54.6 Å². The summed E-state index contributed by atoms with van der Waals surface area (Å²) in [5, 5.41) is 3.11. The second-order valence-corrected chi connectivity index (χ2v) is 5.50. The van der Waals surface area contributed by atoms with Crippen LogP contribution in [-0.2, 0) is 6.61 Å². The van der Waals surface area contributed by atoms with Gasteiger partial charge in [0.25, 0.3) is 0 Å². The van der Waals surface area contributed by atoms with Crippen LogP contribution in [0.1, 0.15) is 5.56 Å². The Hall–Kier alpha value is -3.07. The molecule has 0 saturated heterocycles. The van der Waals surface area contributed by atoms with E-state index in [2.05, 4.69) is 23.2 Å². The molecule has 23 heavy (non-hydrogen) atoms. The van der Waals surface area contributed by atoms with Crippen LogP contribution in [0.3, 0.4) is 0 Å². The summed E-state index contributed by atoms with van der Waals surface area (Å²) in [7, 11) is 0. The summed E-state index contributed by atoms with van der Waals surface area (Å²) in [6.45, 7) is 0.546. The first kappa shape index (κ1) is 13.6. The first-order chi connectivity index (χ1) is 11.3. The van der Waals surface area contributed by atoms with Crippen molar-refractivity contribution in [1.82, 2.24) is 4.98 Å². The van der Waals surface area contributed by atoms with Gasteiger partial charge < -0.3 is 10.5 Å². The minimum Gasteiger partial charge on any atom is -0.489 e. The van der Waals surface area contributed by atoms with Gasteiger partial charge in [0.05, 0.1) is 5.52 Å². The first-order valence-electron chi connectivity index (χ1n) is 7.56. The molecule has 1 heterocycles. The number of hydrogen-bond acceptors (Lipinski definition) is 3. The van der Waals surface area contributed by atoms with E-state index >= 15 is 0 Å². The van der Waals surface area contributed by atoms with Gasteiger partial charge in [0.1, 0.15) is 18.2 Å². The molecule has 1 aromatic heterocycles. The molecule has 3 heteroatoms. The summed E-state index contributed by atoms with van der Waals surface area (Å²) >= 11 is 0. The van der Waals surface area contributed by atoms with E-state index < -0.39 is 0 Å². The lowest BCUT2D eigenvalue weighted by Gasteiger charge is -2.10. The highest BCUT2D eigenvalue weighted by atomic mass is 16.5. The highest BCUT2D eigenvalue weighted by molar-refractivity contribution is 6.10. The number of para-hydroxylation sites is 1. The van der Waals surface area contributed by atoms with Crippen molar-refractivity contribution in [2.75, 3.05) is 5.73 Å². The standard InChI is InChI=1S/C20H16N2O/c21-20-17-11-10-15(23-13-14-6-2-1-3-7-14)12-18(17)16-8-4-5-9-19(16)22-20/h1-12H,13H2,(H2,21,22). The quantitative estimate of drug-likeness (QED) is 0.565. The summed E-state index contributed by atoms with van der Waals surface area (Å²) in [5.41, 5.74) is 8.13. The molecule has 0 aliphatic carbocycles. The van der Waals surface area contributed by atoms with Crippen LogP contribution in [0, 0.1) is 0 Å². The third-order valence-electron chi connectivity index (χ3n) is 3.95. The average molecular weight is 300 g/mol. The van der Waals surface area contributed by atoms with Crippen LogP contribution < -0.4 is 10.5 Å². The fourth-order valence-corrected chi connectivity index (χ4v) is 2.79. The highest BCUT2D eigenvalue weighted by Gasteiger charge is 2.07. The maximum atomic E-state index is 6.09. The molecule has 0 aliphatic rings. The Bertz CT molecular complexity index is 981. The fourth-order valence-electron chi connectivity index (χ4n) is 2.79. The lowest BCUT2D eigenvalue weighted by atomic mass is 10.1. The van der Waals surface area contributed by atoms with Crippen LogP contribution in [0.4, 0.5) is 5.82 Å². The van der Waals surface area contributed by atoms with Crippen LogP contribution in [0.5, 0.6) is 5.75 Å². The van der Waals surface area contributed by atoms with E-state index in [1.165, 1.54) is 0 Å². The third kappa shape index (κ3) is 2.57. The topological polar surface area (TPSA) is 48.1 Å². The molecule has 112 valence electrons. The number of nitrogens with two attached hydrogens (primary N) is 1. The molecule has 0 aliphatic heterocycles. The molecular formula is C20H16N2O. The summed E-state index contributed by atoms with van der Waals surface area (Å²) in [4.78, 5) is 4.46. The van der Waals surface area contributed by atoms with Crippen LogP contribution in [-0.4, -0.2) is 4.98 Å². The molecule has 2 N–H and O–H groups in total. The van der Waals surface area contributed by atoms with Crippen molar-refractivity contribution < 1.29 is 4.74 Å². The second-order valence-electron chi connectivity index (χ2n) is 5.50. The van der Waals surface area contributed by atoms with Crippen molar-refractivity contribution in [2.24, 2.45) is 0 Å². The zero-order chi connectivity index (χ0) is 15.6. The van der Waals surface area contributed by atoms with Crippen LogP contribution in [0.15, 0.2) is 72.8 Å². The molecule has 4 rings (SSSR count). The van der Waals surface area contributed by atoms with Crippen molar-refractivity contribution >= 4 is 27.5 Å². The number of pyridine rings is 1. The normalized spacial score (nSPS) is 11.0. The van der Waals surface area contributed by atoms with Crippen molar-refractivity contribution in [3.05, 3.63) is 78.4 Å². The van der Waals surface area contributed by atoms with Gasteiger partial charge in [-0.3, -0.25) is 0 Å². The van der Waals surface area contributed by atoms with Gasteiger partial charge in [0.15, 0.2) is 0 Å². The molecule has 0 fully saturated rings. The number of aromatic nitrogens is 1. The van der Waals surface area contributed by atoms with E-state index in [4.69, 9.17) is 10.5 Å². The first-order valence-corrected chi connectivity index (χ1v) is 7.56. The lowest BCUT2D eigenvalue weighted by molar-refractivity contribution is 0.306. The van der Waals surface area contributed by atoms with Gasteiger partial charge >= 0.3 is 0 Å². The Labute approximate surface area is 134 Å². The van der Waals surface area contributed by atoms with Crippen molar-refractivity contribution in [3.63, 3.8) is 0 Å². The number of rotatable bonds is 3. The van der Waals surface area contributed by atoms with Gasteiger partial charge in [-0.1, -0.05) is 48.5 Å². The number of nitrogens with zero attached hydrogens (tertiary/aromatic N) is 1.